The highest BCUT2D eigenvalue weighted by atomic mass is 32.2. The second-order valence-electron chi connectivity index (χ2n) is 3.89. The zero-order valence-corrected chi connectivity index (χ0v) is 12.1. The Morgan fingerprint density at radius 1 is 1.10 bits per heavy atom. The van der Waals surface area contributed by atoms with Crippen LogP contribution in [0.15, 0.2) is 29.2 Å². The number of benzene rings is 1. The highest BCUT2D eigenvalue weighted by molar-refractivity contribution is 7.99. The summed E-state index contributed by atoms with van der Waals surface area (Å²) >= 11 is 1.43. The molecule has 0 radical (unpaired) electrons. The number of alkyl halides is 3. The molecule has 0 heterocycles. The fraction of sp³-hybridized carbons (Fsp3) is 0.538. The zero-order valence-electron chi connectivity index (χ0n) is 11.3. The Bertz CT molecular complexity index is 377. The van der Waals surface area contributed by atoms with Crippen molar-refractivity contribution in [3.63, 3.8) is 0 Å². The molecule has 1 aromatic rings. The molecule has 3 nitrogen and oxygen atoms in total. The van der Waals surface area contributed by atoms with E-state index in [1.165, 1.54) is 11.8 Å². The van der Waals surface area contributed by atoms with Crippen molar-refractivity contribution >= 4 is 11.8 Å². The molecule has 114 valence electrons. The van der Waals surface area contributed by atoms with Crippen LogP contribution in [-0.2, 0) is 14.2 Å². The summed E-state index contributed by atoms with van der Waals surface area (Å²) in [5.74, 6) is 0.466. The highest BCUT2D eigenvalue weighted by Gasteiger charge is 2.27. The summed E-state index contributed by atoms with van der Waals surface area (Å²) in [7, 11) is 3.10. The van der Waals surface area contributed by atoms with Gasteiger partial charge >= 0.3 is 6.18 Å². The van der Waals surface area contributed by atoms with Crippen molar-refractivity contribution in [3.05, 3.63) is 29.8 Å². The van der Waals surface area contributed by atoms with E-state index in [0.717, 1.165) is 10.5 Å². The van der Waals surface area contributed by atoms with Crippen LogP contribution >= 0.6 is 11.8 Å². The summed E-state index contributed by atoms with van der Waals surface area (Å²) in [5.41, 5.74) is 0.882. The van der Waals surface area contributed by atoms with Crippen molar-refractivity contribution in [2.24, 2.45) is 0 Å². The lowest BCUT2D eigenvalue weighted by atomic mass is 10.2. The fourth-order valence-corrected chi connectivity index (χ4v) is 2.26. The van der Waals surface area contributed by atoms with Gasteiger partial charge in [0.05, 0.1) is 6.61 Å². The van der Waals surface area contributed by atoms with E-state index in [1.54, 1.807) is 14.2 Å². The summed E-state index contributed by atoms with van der Waals surface area (Å²) in [6.45, 7) is -1.14. The fourth-order valence-electron chi connectivity index (χ4n) is 1.50. The molecule has 0 atom stereocenters. The largest absolute Gasteiger partial charge is 0.411 e. The summed E-state index contributed by atoms with van der Waals surface area (Å²) in [6, 6.07) is 7.46. The van der Waals surface area contributed by atoms with Gasteiger partial charge in [-0.05, 0) is 12.1 Å². The maximum atomic E-state index is 11.8. The Morgan fingerprint density at radius 3 is 2.20 bits per heavy atom. The lowest BCUT2D eigenvalue weighted by Gasteiger charge is -2.13. The summed E-state index contributed by atoms with van der Waals surface area (Å²) in [4.78, 5) is 0.954. The van der Waals surface area contributed by atoms with Gasteiger partial charge in [-0.1, -0.05) is 12.1 Å². The van der Waals surface area contributed by atoms with Gasteiger partial charge in [0, 0.05) is 30.4 Å². The van der Waals surface area contributed by atoms with Crippen molar-refractivity contribution in [3.8, 4) is 0 Å². The number of hydrogen-bond donors (Lipinski definition) is 0. The van der Waals surface area contributed by atoms with Gasteiger partial charge in [-0.3, -0.25) is 0 Å². The third-order valence-electron chi connectivity index (χ3n) is 2.34. The minimum absolute atomic E-state index is 0.0602. The molecular formula is C13H17F3O3S. The average molecular weight is 310 g/mol. The highest BCUT2D eigenvalue weighted by Crippen LogP contribution is 2.23. The summed E-state index contributed by atoms with van der Waals surface area (Å²) in [5, 5.41) is 0. The quantitative estimate of drug-likeness (QED) is 0.416. The first kappa shape index (κ1) is 17.3. The van der Waals surface area contributed by atoms with E-state index in [9.17, 15) is 13.2 Å². The first-order valence-corrected chi connectivity index (χ1v) is 6.87. The van der Waals surface area contributed by atoms with E-state index in [4.69, 9.17) is 9.47 Å². The van der Waals surface area contributed by atoms with E-state index in [2.05, 4.69) is 4.74 Å². The standard InChI is InChI=1S/C13H17F3O3S/c1-17-12(18-2)10-3-5-11(6-4-10)20-8-7-19-9-13(14,15)16/h3-6,12H,7-9H2,1-2H3. The average Bonchev–Trinajstić information content (AvgIpc) is 2.40. The number of hydrogen-bond acceptors (Lipinski definition) is 4. The van der Waals surface area contributed by atoms with E-state index < -0.39 is 19.1 Å². The number of halogens is 3. The molecule has 1 aromatic carbocycles. The molecule has 1 rings (SSSR count). The molecule has 20 heavy (non-hydrogen) atoms. The van der Waals surface area contributed by atoms with Crippen LogP contribution in [0.2, 0.25) is 0 Å². The number of ether oxygens (including phenoxy) is 3. The molecule has 0 aliphatic rings. The normalized spacial score (nSPS) is 12.1. The topological polar surface area (TPSA) is 27.7 Å². The molecule has 0 spiro atoms. The molecule has 0 saturated carbocycles. The second-order valence-corrected chi connectivity index (χ2v) is 5.06. The Balaban J connectivity index is 2.31. The smallest absolute Gasteiger partial charge is 0.371 e. The number of rotatable bonds is 8. The summed E-state index contributed by atoms with van der Waals surface area (Å²) in [6.07, 6.45) is -4.68. The minimum atomic E-state index is -4.26. The SMILES string of the molecule is COC(OC)c1ccc(SCCOCC(F)(F)F)cc1. The van der Waals surface area contributed by atoms with Crippen LogP contribution in [0.25, 0.3) is 0 Å². The van der Waals surface area contributed by atoms with E-state index in [1.807, 2.05) is 24.3 Å². The van der Waals surface area contributed by atoms with Gasteiger partial charge in [0.2, 0.25) is 0 Å². The maximum absolute atomic E-state index is 11.8. The molecule has 0 fully saturated rings. The maximum Gasteiger partial charge on any atom is 0.411 e. The molecule has 0 unspecified atom stereocenters. The van der Waals surface area contributed by atoms with Crippen molar-refractivity contribution in [1.82, 2.24) is 0 Å². The second kappa shape index (κ2) is 8.51. The molecule has 0 aromatic heterocycles. The Kier molecular flexibility index (Phi) is 7.36. The van der Waals surface area contributed by atoms with Gasteiger partial charge in [0.1, 0.15) is 6.61 Å². The van der Waals surface area contributed by atoms with Crippen molar-refractivity contribution in [1.29, 1.82) is 0 Å². The van der Waals surface area contributed by atoms with Crippen LogP contribution in [0.4, 0.5) is 13.2 Å². The Morgan fingerprint density at radius 2 is 1.70 bits per heavy atom. The Hall–Kier alpha value is -0.760. The molecule has 7 heteroatoms. The van der Waals surface area contributed by atoms with Gasteiger partial charge in [-0.25, -0.2) is 0 Å². The molecule has 0 saturated heterocycles. The minimum Gasteiger partial charge on any atom is -0.371 e. The van der Waals surface area contributed by atoms with Gasteiger partial charge in [-0.2, -0.15) is 13.2 Å². The lowest BCUT2D eigenvalue weighted by Crippen LogP contribution is -2.17. The van der Waals surface area contributed by atoms with Crippen LogP contribution in [0, 0.1) is 0 Å². The third kappa shape index (κ3) is 6.60. The van der Waals surface area contributed by atoms with Gasteiger partial charge in [0.25, 0.3) is 0 Å². The van der Waals surface area contributed by atoms with Crippen LogP contribution in [0.3, 0.4) is 0 Å². The van der Waals surface area contributed by atoms with Gasteiger partial charge < -0.3 is 14.2 Å². The molecule has 0 amide bonds. The molecule has 0 aliphatic carbocycles. The van der Waals surface area contributed by atoms with Crippen molar-refractivity contribution in [2.45, 2.75) is 17.4 Å². The van der Waals surface area contributed by atoms with Crippen LogP contribution < -0.4 is 0 Å². The predicted octanol–water partition coefficient (Wildman–Crippen LogP) is 3.65. The van der Waals surface area contributed by atoms with E-state index in [0.29, 0.717) is 5.75 Å². The van der Waals surface area contributed by atoms with E-state index >= 15 is 0 Å². The van der Waals surface area contributed by atoms with Gasteiger partial charge in [-0.15, -0.1) is 11.8 Å². The van der Waals surface area contributed by atoms with Crippen LogP contribution in [0.5, 0.6) is 0 Å². The summed E-state index contributed by atoms with van der Waals surface area (Å²) < 4.78 is 50.3. The van der Waals surface area contributed by atoms with E-state index in [-0.39, 0.29) is 6.61 Å². The molecule has 0 N–H and O–H groups in total. The van der Waals surface area contributed by atoms with Gasteiger partial charge in [0.15, 0.2) is 6.29 Å². The first-order valence-electron chi connectivity index (χ1n) is 5.89. The van der Waals surface area contributed by atoms with Crippen LogP contribution in [-0.4, -0.2) is 39.4 Å². The van der Waals surface area contributed by atoms with Crippen molar-refractivity contribution in [2.75, 3.05) is 33.2 Å². The predicted molar refractivity (Wildman–Crippen MR) is 70.8 cm³/mol. The Labute approximate surface area is 120 Å². The number of methoxy groups -OCH3 is 2. The zero-order chi connectivity index (χ0) is 15.0. The number of thioether (sulfide) groups is 1. The lowest BCUT2D eigenvalue weighted by molar-refractivity contribution is -0.172. The molecule has 0 bridgehead atoms. The van der Waals surface area contributed by atoms with Crippen molar-refractivity contribution < 1.29 is 27.4 Å². The van der Waals surface area contributed by atoms with Crippen LogP contribution in [0.1, 0.15) is 11.9 Å². The molecule has 0 aliphatic heterocycles. The first-order chi connectivity index (χ1) is 9.46. The third-order valence-corrected chi connectivity index (χ3v) is 3.32. The molecular weight excluding hydrogens is 293 g/mol. The monoisotopic (exact) mass is 310 g/mol.